The minimum Gasteiger partial charge on any atom is -0.497 e. The van der Waals surface area contributed by atoms with Crippen LogP contribution >= 0.6 is 0 Å². The number of benzene rings is 2. The minimum absolute atomic E-state index is 0.372. The Labute approximate surface area is 175 Å². The van der Waals surface area contributed by atoms with Gasteiger partial charge in [0, 0.05) is 13.1 Å². The fourth-order valence-corrected chi connectivity index (χ4v) is 2.77. The number of ether oxygens (including phenoxy) is 2. The summed E-state index contributed by atoms with van der Waals surface area (Å²) in [6.07, 6.45) is 3.09. The third kappa shape index (κ3) is 5.92. The highest BCUT2D eigenvalue weighted by atomic mass is 16.5. The maximum atomic E-state index is 12.2. The summed E-state index contributed by atoms with van der Waals surface area (Å²) in [5.41, 5.74) is 3.54. The number of urea groups is 1. The lowest BCUT2D eigenvalue weighted by molar-refractivity contribution is 0.262. The lowest BCUT2D eigenvalue weighted by Crippen LogP contribution is -2.20. The Bertz CT molecular complexity index is 975. The zero-order valence-corrected chi connectivity index (χ0v) is 17.2. The van der Waals surface area contributed by atoms with Crippen molar-refractivity contribution in [2.75, 3.05) is 24.9 Å². The van der Waals surface area contributed by atoms with Crippen molar-refractivity contribution in [1.29, 1.82) is 0 Å². The van der Waals surface area contributed by atoms with Crippen molar-refractivity contribution in [1.82, 2.24) is 15.3 Å². The Balaban J connectivity index is 1.55. The number of rotatable bonds is 8. The summed E-state index contributed by atoms with van der Waals surface area (Å²) >= 11 is 0. The molecule has 2 amide bonds. The first-order valence-electron chi connectivity index (χ1n) is 9.44. The normalized spacial score (nSPS) is 10.4. The van der Waals surface area contributed by atoms with E-state index in [2.05, 4.69) is 25.9 Å². The predicted octanol–water partition coefficient (Wildman–Crippen LogP) is 3.74. The second-order valence-electron chi connectivity index (χ2n) is 6.61. The van der Waals surface area contributed by atoms with Crippen molar-refractivity contribution in [2.45, 2.75) is 20.0 Å². The SMILES string of the molecule is COc1ccc(CNCc2ccc(NC(=O)Nc3cnc(C)cn3)c(OC)c2)cc1. The number of hydrogen-bond donors (Lipinski definition) is 3. The summed E-state index contributed by atoms with van der Waals surface area (Å²) in [7, 11) is 3.22. The van der Waals surface area contributed by atoms with Crippen LogP contribution in [-0.4, -0.2) is 30.2 Å². The van der Waals surface area contributed by atoms with Gasteiger partial charge in [-0.1, -0.05) is 18.2 Å². The number of nitrogens with one attached hydrogen (secondary N) is 3. The third-order valence-electron chi connectivity index (χ3n) is 4.35. The highest BCUT2D eigenvalue weighted by Crippen LogP contribution is 2.26. The van der Waals surface area contributed by atoms with Gasteiger partial charge in [-0.3, -0.25) is 10.3 Å². The van der Waals surface area contributed by atoms with Gasteiger partial charge in [-0.15, -0.1) is 0 Å². The van der Waals surface area contributed by atoms with Gasteiger partial charge in [0.1, 0.15) is 11.5 Å². The van der Waals surface area contributed by atoms with Crippen LogP contribution in [0.3, 0.4) is 0 Å². The van der Waals surface area contributed by atoms with Gasteiger partial charge < -0.3 is 20.1 Å². The maximum Gasteiger partial charge on any atom is 0.324 e. The largest absolute Gasteiger partial charge is 0.497 e. The molecular weight excluding hydrogens is 382 g/mol. The molecule has 0 atom stereocenters. The van der Waals surface area contributed by atoms with E-state index in [0.29, 0.717) is 23.8 Å². The standard InChI is InChI=1S/C22H25N5O3/c1-15-11-25-21(14-24-15)27-22(28)26-19-9-6-17(10-20(19)30-3)13-23-12-16-4-7-18(29-2)8-5-16/h4-11,14,23H,12-13H2,1-3H3,(H2,25,26,27,28). The molecule has 0 aliphatic heterocycles. The molecule has 0 aliphatic carbocycles. The molecule has 8 heteroatoms. The zero-order valence-electron chi connectivity index (χ0n) is 17.2. The van der Waals surface area contributed by atoms with E-state index in [1.54, 1.807) is 20.4 Å². The van der Waals surface area contributed by atoms with Gasteiger partial charge in [-0.25, -0.2) is 9.78 Å². The van der Waals surface area contributed by atoms with E-state index in [9.17, 15) is 4.79 Å². The fraction of sp³-hybridized carbons (Fsp3) is 0.227. The highest BCUT2D eigenvalue weighted by Gasteiger charge is 2.09. The van der Waals surface area contributed by atoms with E-state index in [1.807, 2.05) is 49.4 Å². The Morgan fingerprint density at radius 2 is 1.63 bits per heavy atom. The topological polar surface area (TPSA) is 97.4 Å². The lowest BCUT2D eigenvalue weighted by Gasteiger charge is -2.13. The van der Waals surface area contributed by atoms with Crippen LogP contribution in [0.2, 0.25) is 0 Å². The van der Waals surface area contributed by atoms with E-state index in [0.717, 1.165) is 29.1 Å². The molecule has 0 fully saturated rings. The number of anilines is 2. The van der Waals surface area contributed by atoms with Crippen LogP contribution in [0, 0.1) is 6.92 Å². The average molecular weight is 407 g/mol. The van der Waals surface area contributed by atoms with Crippen LogP contribution in [0.15, 0.2) is 54.9 Å². The van der Waals surface area contributed by atoms with Crippen molar-refractivity contribution in [3.63, 3.8) is 0 Å². The van der Waals surface area contributed by atoms with Crippen molar-refractivity contribution in [2.24, 2.45) is 0 Å². The number of amides is 2. The first-order valence-corrected chi connectivity index (χ1v) is 9.44. The summed E-state index contributed by atoms with van der Waals surface area (Å²) < 4.78 is 10.6. The molecule has 1 heterocycles. The first-order chi connectivity index (χ1) is 14.6. The third-order valence-corrected chi connectivity index (χ3v) is 4.35. The van der Waals surface area contributed by atoms with Crippen LogP contribution in [0.5, 0.6) is 11.5 Å². The van der Waals surface area contributed by atoms with E-state index in [-0.39, 0.29) is 0 Å². The quantitative estimate of drug-likeness (QED) is 0.526. The number of aryl methyl sites for hydroxylation is 1. The minimum atomic E-state index is -0.420. The van der Waals surface area contributed by atoms with Gasteiger partial charge >= 0.3 is 6.03 Å². The zero-order chi connectivity index (χ0) is 21.3. The van der Waals surface area contributed by atoms with Crippen LogP contribution in [-0.2, 0) is 13.1 Å². The summed E-state index contributed by atoms with van der Waals surface area (Å²) in [5, 5.41) is 8.81. The first kappa shape index (κ1) is 21.1. The van der Waals surface area contributed by atoms with Crippen LogP contribution in [0.1, 0.15) is 16.8 Å². The van der Waals surface area contributed by atoms with Gasteiger partial charge in [0.15, 0.2) is 5.82 Å². The summed E-state index contributed by atoms with van der Waals surface area (Å²) in [5.74, 6) is 1.78. The Morgan fingerprint density at radius 1 is 0.900 bits per heavy atom. The molecule has 0 spiro atoms. The van der Waals surface area contributed by atoms with Crippen LogP contribution in [0.25, 0.3) is 0 Å². The van der Waals surface area contributed by atoms with Crippen molar-refractivity contribution in [3.8, 4) is 11.5 Å². The molecule has 0 aliphatic rings. The van der Waals surface area contributed by atoms with Crippen molar-refractivity contribution >= 4 is 17.5 Å². The molecule has 0 saturated heterocycles. The molecule has 3 rings (SSSR count). The molecule has 3 aromatic rings. The van der Waals surface area contributed by atoms with Gasteiger partial charge in [-0.05, 0) is 42.3 Å². The summed E-state index contributed by atoms with van der Waals surface area (Å²) in [6, 6.07) is 13.1. The summed E-state index contributed by atoms with van der Waals surface area (Å²) in [6.45, 7) is 3.22. The maximum absolute atomic E-state index is 12.2. The average Bonchev–Trinajstić information content (AvgIpc) is 2.76. The van der Waals surface area contributed by atoms with E-state index in [1.165, 1.54) is 6.20 Å². The molecule has 2 aromatic carbocycles. The lowest BCUT2D eigenvalue weighted by atomic mass is 10.1. The number of methoxy groups -OCH3 is 2. The molecule has 0 unspecified atom stereocenters. The fourth-order valence-electron chi connectivity index (χ4n) is 2.77. The molecule has 0 bridgehead atoms. The highest BCUT2D eigenvalue weighted by molar-refractivity contribution is 6.00. The smallest absolute Gasteiger partial charge is 0.324 e. The van der Waals surface area contributed by atoms with Crippen molar-refractivity contribution < 1.29 is 14.3 Å². The second-order valence-corrected chi connectivity index (χ2v) is 6.61. The number of carbonyl (C=O) groups excluding carboxylic acids is 1. The number of hydrogen-bond acceptors (Lipinski definition) is 6. The molecular formula is C22H25N5O3. The molecule has 30 heavy (non-hydrogen) atoms. The molecule has 156 valence electrons. The second kappa shape index (κ2) is 10.2. The van der Waals surface area contributed by atoms with E-state index >= 15 is 0 Å². The van der Waals surface area contributed by atoms with Gasteiger partial charge in [0.25, 0.3) is 0 Å². The number of carbonyl (C=O) groups is 1. The van der Waals surface area contributed by atoms with Gasteiger partial charge in [0.05, 0.1) is 38.0 Å². The molecule has 8 nitrogen and oxygen atoms in total. The van der Waals surface area contributed by atoms with Crippen LogP contribution < -0.4 is 25.4 Å². The van der Waals surface area contributed by atoms with Crippen molar-refractivity contribution in [3.05, 3.63) is 71.7 Å². The van der Waals surface area contributed by atoms with Gasteiger partial charge in [0.2, 0.25) is 0 Å². The number of nitrogens with zero attached hydrogens (tertiary/aromatic N) is 2. The van der Waals surface area contributed by atoms with Crippen LogP contribution in [0.4, 0.5) is 16.3 Å². The Hall–Kier alpha value is -3.65. The van der Waals surface area contributed by atoms with E-state index < -0.39 is 6.03 Å². The Morgan fingerprint density at radius 3 is 2.30 bits per heavy atom. The number of aromatic nitrogens is 2. The Kier molecular flexibility index (Phi) is 7.18. The predicted molar refractivity (Wildman–Crippen MR) is 116 cm³/mol. The molecule has 0 radical (unpaired) electrons. The summed E-state index contributed by atoms with van der Waals surface area (Å²) in [4.78, 5) is 20.4. The van der Waals surface area contributed by atoms with Gasteiger partial charge in [-0.2, -0.15) is 0 Å². The molecule has 3 N–H and O–H groups in total. The molecule has 0 saturated carbocycles. The van der Waals surface area contributed by atoms with E-state index in [4.69, 9.17) is 9.47 Å². The molecule has 1 aromatic heterocycles. The monoisotopic (exact) mass is 407 g/mol.